The Bertz CT molecular complexity index is 540. The Kier molecular flexibility index (Phi) is 5.02. The smallest absolute Gasteiger partial charge is 0.127 e. The first-order valence-corrected chi connectivity index (χ1v) is 6.74. The van der Waals surface area contributed by atoms with Crippen LogP contribution in [0.25, 0.3) is 0 Å². The van der Waals surface area contributed by atoms with Gasteiger partial charge >= 0.3 is 0 Å². The molecule has 0 heterocycles. The highest BCUT2D eigenvalue weighted by molar-refractivity contribution is 5.40. The van der Waals surface area contributed by atoms with E-state index in [-0.39, 0.29) is 0 Å². The van der Waals surface area contributed by atoms with Gasteiger partial charge in [0.25, 0.3) is 0 Å². The number of nitrogens with one attached hydrogen (secondary N) is 1. The molecule has 0 bridgehead atoms. The molecule has 2 aromatic carbocycles. The zero-order chi connectivity index (χ0) is 14.4. The van der Waals surface area contributed by atoms with Gasteiger partial charge in [0.1, 0.15) is 11.5 Å². The molecule has 0 radical (unpaired) electrons. The van der Waals surface area contributed by atoms with E-state index in [1.54, 1.807) is 14.2 Å². The van der Waals surface area contributed by atoms with Crippen molar-refractivity contribution in [2.45, 2.75) is 19.5 Å². The van der Waals surface area contributed by atoms with Crippen LogP contribution < -0.4 is 14.8 Å². The summed E-state index contributed by atoms with van der Waals surface area (Å²) < 4.78 is 10.6. The predicted molar refractivity (Wildman–Crippen MR) is 81.2 cm³/mol. The molecule has 106 valence electrons. The van der Waals surface area contributed by atoms with Gasteiger partial charge in [-0.1, -0.05) is 36.4 Å². The molecule has 1 atom stereocenters. The summed E-state index contributed by atoms with van der Waals surface area (Å²) in [5.41, 5.74) is 2.40. The fourth-order valence-corrected chi connectivity index (χ4v) is 2.12. The van der Waals surface area contributed by atoms with Crippen LogP contribution in [0.15, 0.2) is 48.5 Å². The lowest BCUT2D eigenvalue weighted by molar-refractivity contribution is 0.389. The van der Waals surface area contributed by atoms with Crippen molar-refractivity contribution < 1.29 is 9.47 Å². The number of ether oxygens (including phenoxy) is 2. The summed E-state index contributed by atoms with van der Waals surface area (Å²) >= 11 is 0. The summed E-state index contributed by atoms with van der Waals surface area (Å²) in [6.45, 7) is 2.91. The first-order valence-electron chi connectivity index (χ1n) is 6.74. The topological polar surface area (TPSA) is 30.5 Å². The molecule has 0 saturated carbocycles. The maximum Gasteiger partial charge on any atom is 0.127 e. The third-order valence-corrected chi connectivity index (χ3v) is 3.39. The minimum Gasteiger partial charge on any atom is -0.497 e. The predicted octanol–water partition coefficient (Wildman–Crippen LogP) is 3.55. The van der Waals surface area contributed by atoms with Gasteiger partial charge in [-0.15, -0.1) is 0 Å². The molecule has 0 amide bonds. The molecular formula is C17H21NO2. The number of rotatable bonds is 6. The second kappa shape index (κ2) is 6.96. The van der Waals surface area contributed by atoms with Crippen molar-refractivity contribution in [2.24, 2.45) is 0 Å². The van der Waals surface area contributed by atoms with Gasteiger partial charge in [0, 0.05) is 24.2 Å². The average molecular weight is 271 g/mol. The maximum absolute atomic E-state index is 5.41. The van der Waals surface area contributed by atoms with Gasteiger partial charge in [-0.2, -0.15) is 0 Å². The van der Waals surface area contributed by atoms with Crippen molar-refractivity contribution in [2.75, 3.05) is 14.2 Å². The Morgan fingerprint density at radius 3 is 2.40 bits per heavy atom. The Morgan fingerprint density at radius 1 is 1.00 bits per heavy atom. The van der Waals surface area contributed by atoms with E-state index in [0.29, 0.717) is 6.04 Å². The Labute approximate surface area is 120 Å². The summed E-state index contributed by atoms with van der Waals surface area (Å²) in [6, 6.07) is 16.6. The molecule has 0 saturated heterocycles. The molecule has 2 aromatic rings. The summed E-state index contributed by atoms with van der Waals surface area (Å²) in [4.78, 5) is 0. The van der Waals surface area contributed by atoms with Crippen molar-refractivity contribution in [3.63, 3.8) is 0 Å². The van der Waals surface area contributed by atoms with Crippen molar-refractivity contribution in [3.8, 4) is 11.5 Å². The second-order valence-electron chi connectivity index (χ2n) is 4.69. The summed E-state index contributed by atoms with van der Waals surface area (Å²) in [5.74, 6) is 1.65. The van der Waals surface area contributed by atoms with Crippen LogP contribution in [0.1, 0.15) is 24.1 Å². The van der Waals surface area contributed by atoms with E-state index in [0.717, 1.165) is 23.6 Å². The van der Waals surface area contributed by atoms with Gasteiger partial charge in [-0.25, -0.2) is 0 Å². The lowest BCUT2D eigenvalue weighted by Crippen LogP contribution is -2.18. The Balaban J connectivity index is 2.03. The lowest BCUT2D eigenvalue weighted by atomic mass is 10.1. The number of methoxy groups -OCH3 is 2. The van der Waals surface area contributed by atoms with Crippen molar-refractivity contribution in [1.82, 2.24) is 5.32 Å². The van der Waals surface area contributed by atoms with Gasteiger partial charge < -0.3 is 14.8 Å². The maximum atomic E-state index is 5.41. The van der Waals surface area contributed by atoms with E-state index in [2.05, 4.69) is 36.5 Å². The third kappa shape index (κ3) is 3.52. The summed E-state index contributed by atoms with van der Waals surface area (Å²) in [7, 11) is 3.34. The summed E-state index contributed by atoms with van der Waals surface area (Å²) in [6.07, 6.45) is 0. The molecule has 0 unspecified atom stereocenters. The molecule has 0 aromatic heterocycles. The third-order valence-electron chi connectivity index (χ3n) is 3.39. The second-order valence-corrected chi connectivity index (χ2v) is 4.69. The monoisotopic (exact) mass is 271 g/mol. The van der Waals surface area contributed by atoms with Crippen LogP contribution in [0.2, 0.25) is 0 Å². The molecule has 20 heavy (non-hydrogen) atoms. The minimum absolute atomic E-state index is 0.294. The van der Waals surface area contributed by atoms with Crippen LogP contribution in [0.5, 0.6) is 11.5 Å². The highest BCUT2D eigenvalue weighted by Crippen LogP contribution is 2.25. The van der Waals surface area contributed by atoms with E-state index >= 15 is 0 Å². The van der Waals surface area contributed by atoms with Gasteiger partial charge in [-0.3, -0.25) is 0 Å². The molecule has 0 fully saturated rings. The Hall–Kier alpha value is -2.00. The molecule has 0 aliphatic rings. The van der Waals surface area contributed by atoms with E-state index in [1.165, 1.54) is 5.56 Å². The highest BCUT2D eigenvalue weighted by Gasteiger charge is 2.08. The molecule has 2 rings (SSSR count). The van der Waals surface area contributed by atoms with Crippen molar-refractivity contribution in [3.05, 3.63) is 59.7 Å². The minimum atomic E-state index is 0.294. The van der Waals surface area contributed by atoms with Crippen molar-refractivity contribution >= 4 is 0 Å². The number of hydrogen-bond acceptors (Lipinski definition) is 3. The average Bonchev–Trinajstić information content (AvgIpc) is 2.53. The van der Waals surface area contributed by atoms with Crippen molar-refractivity contribution in [1.29, 1.82) is 0 Å². The largest absolute Gasteiger partial charge is 0.497 e. The standard InChI is InChI=1S/C17H21NO2/c1-13(14-7-5-4-6-8-14)18-12-15-9-10-16(19-2)11-17(15)20-3/h4-11,13,18H,12H2,1-3H3/t13-/m1/s1. The summed E-state index contributed by atoms with van der Waals surface area (Å²) in [5, 5.41) is 3.51. The van der Waals surface area contributed by atoms with Crippen LogP contribution in [0.4, 0.5) is 0 Å². The zero-order valence-corrected chi connectivity index (χ0v) is 12.2. The fraction of sp³-hybridized carbons (Fsp3) is 0.294. The number of hydrogen-bond donors (Lipinski definition) is 1. The van der Waals surface area contributed by atoms with Gasteiger partial charge in [0.15, 0.2) is 0 Å². The van der Waals surface area contributed by atoms with Crippen LogP contribution in [-0.2, 0) is 6.54 Å². The lowest BCUT2D eigenvalue weighted by Gasteiger charge is -2.16. The van der Waals surface area contributed by atoms with E-state index < -0.39 is 0 Å². The normalized spacial score (nSPS) is 11.9. The van der Waals surface area contributed by atoms with Gasteiger partial charge in [0.2, 0.25) is 0 Å². The molecule has 0 aliphatic carbocycles. The van der Waals surface area contributed by atoms with Crippen LogP contribution >= 0.6 is 0 Å². The van der Waals surface area contributed by atoms with E-state index in [9.17, 15) is 0 Å². The van der Waals surface area contributed by atoms with Crippen LogP contribution in [0.3, 0.4) is 0 Å². The first kappa shape index (κ1) is 14.4. The molecule has 0 aliphatic heterocycles. The van der Waals surface area contributed by atoms with E-state index in [4.69, 9.17) is 9.47 Å². The molecule has 3 nitrogen and oxygen atoms in total. The number of benzene rings is 2. The van der Waals surface area contributed by atoms with Gasteiger partial charge in [0.05, 0.1) is 14.2 Å². The highest BCUT2D eigenvalue weighted by atomic mass is 16.5. The molecular weight excluding hydrogens is 250 g/mol. The zero-order valence-electron chi connectivity index (χ0n) is 12.2. The molecule has 0 spiro atoms. The van der Waals surface area contributed by atoms with E-state index in [1.807, 2.05) is 24.3 Å². The molecule has 3 heteroatoms. The van der Waals surface area contributed by atoms with Crippen LogP contribution in [0, 0.1) is 0 Å². The quantitative estimate of drug-likeness (QED) is 0.871. The van der Waals surface area contributed by atoms with Gasteiger partial charge in [-0.05, 0) is 18.6 Å². The SMILES string of the molecule is COc1ccc(CN[C@H](C)c2ccccc2)c(OC)c1. The van der Waals surface area contributed by atoms with Crippen LogP contribution in [-0.4, -0.2) is 14.2 Å². The molecule has 1 N–H and O–H groups in total. The Morgan fingerprint density at radius 2 is 1.75 bits per heavy atom. The first-order chi connectivity index (χ1) is 9.74. The fourth-order valence-electron chi connectivity index (χ4n) is 2.12.